The van der Waals surface area contributed by atoms with Crippen LogP contribution in [0.4, 0.5) is 0 Å². The zero-order valence-corrected chi connectivity index (χ0v) is 16.6. The Morgan fingerprint density at radius 3 is 2.62 bits per heavy atom. The van der Waals surface area contributed by atoms with E-state index in [1.807, 2.05) is 11.5 Å². The lowest BCUT2D eigenvalue weighted by atomic mass is 10.2. The number of thioether (sulfide) groups is 1. The van der Waals surface area contributed by atoms with E-state index >= 15 is 0 Å². The van der Waals surface area contributed by atoms with Gasteiger partial charge in [-0.05, 0) is 44.9 Å². The minimum Gasteiger partial charge on any atom is -0.369 e. The highest BCUT2D eigenvalue weighted by molar-refractivity contribution is 8.00. The molecule has 26 heavy (non-hydrogen) atoms. The summed E-state index contributed by atoms with van der Waals surface area (Å²) in [5, 5.41) is 0.259. The number of nitrogens with zero attached hydrogens (tertiary/aromatic N) is 3. The largest absolute Gasteiger partial charge is 0.369 e. The molecule has 3 rings (SSSR count). The van der Waals surface area contributed by atoms with Crippen molar-refractivity contribution in [2.24, 2.45) is 5.73 Å². The van der Waals surface area contributed by atoms with Crippen molar-refractivity contribution < 1.29 is 13.2 Å². The quantitative estimate of drug-likeness (QED) is 0.755. The summed E-state index contributed by atoms with van der Waals surface area (Å²) in [6.45, 7) is 5.53. The number of carbonyl (C=O) groups excluding carboxylic acids is 1. The lowest BCUT2D eigenvalue weighted by molar-refractivity contribution is -0.117. The highest BCUT2D eigenvalue weighted by Gasteiger charge is 2.27. The van der Waals surface area contributed by atoms with Gasteiger partial charge >= 0.3 is 0 Å². The molecule has 1 aromatic carbocycles. The normalized spacial score (nSPS) is 17.5. The molecule has 2 N–H and O–H groups in total. The number of amides is 1. The first-order valence-corrected chi connectivity index (χ1v) is 11.1. The Bertz CT molecular complexity index is 917. The van der Waals surface area contributed by atoms with Crippen LogP contribution in [0.1, 0.15) is 33.1 Å². The average molecular weight is 397 g/mol. The lowest BCUT2D eigenvalue weighted by Gasteiger charge is -2.25. The second kappa shape index (κ2) is 7.58. The molecule has 0 radical (unpaired) electrons. The van der Waals surface area contributed by atoms with Gasteiger partial charge in [0.15, 0.2) is 5.16 Å². The first-order valence-electron chi connectivity index (χ1n) is 8.81. The van der Waals surface area contributed by atoms with Crippen LogP contribution in [-0.4, -0.2) is 46.5 Å². The van der Waals surface area contributed by atoms with Gasteiger partial charge in [-0.15, -0.1) is 0 Å². The number of aromatic nitrogens is 2. The molecule has 1 amide bonds. The molecule has 7 nitrogen and oxygen atoms in total. The van der Waals surface area contributed by atoms with Gasteiger partial charge in [0.1, 0.15) is 0 Å². The van der Waals surface area contributed by atoms with Crippen LogP contribution >= 0.6 is 11.8 Å². The second-order valence-electron chi connectivity index (χ2n) is 6.42. The summed E-state index contributed by atoms with van der Waals surface area (Å²) < 4.78 is 29.3. The summed E-state index contributed by atoms with van der Waals surface area (Å²) in [6.07, 6.45) is 2.88. The Hall–Kier alpha value is -1.58. The van der Waals surface area contributed by atoms with Crippen LogP contribution in [0.3, 0.4) is 0 Å². The molecular weight excluding hydrogens is 372 g/mol. The smallest absolute Gasteiger partial charge is 0.243 e. The van der Waals surface area contributed by atoms with Crippen molar-refractivity contribution in [1.82, 2.24) is 13.9 Å². The number of piperidine rings is 1. The van der Waals surface area contributed by atoms with E-state index in [0.29, 0.717) is 30.3 Å². The number of sulfonamides is 1. The summed E-state index contributed by atoms with van der Waals surface area (Å²) in [4.78, 5) is 16.2. The molecule has 1 saturated heterocycles. The molecular formula is C17H24N4O3S2. The summed E-state index contributed by atoms with van der Waals surface area (Å²) >= 11 is 1.29. The molecule has 1 atom stereocenters. The van der Waals surface area contributed by atoms with E-state index in [2.05, 4.69) is 4.98 Å². The monoisotopic (exact) mass is 396 g/mol. The van der Waals surface area contributed by atoms with E-state index < -0.39 is 21.2 Å². The first-order chi connectivity index (χ1) is 12.3. The molecule has 1 aromatic heterocycles. The van der Waals surface area contributed by atoms with Gasteiger partial charge in [0.2, 0.25) is 15.9 Å². The molecule has 0 saturated carbocycles. The van der Waals surface area contributed by atoms with E-state index in [0.717, 1.165) is 24.8 Å². The molecule has 2 aromatic rings. The van der Waals surface area contributed by atoms with Crippen molar-refractivity contribution >= 4 is 38.7 Å². The Labute approximate surface area is 158 Å². The van der Waals surface area contributed by atoms with Gasteiger partial charge in [0.05, 0.1) is 21.2 Å². The average Bonchev–Trinajstić information content (AvgIpc) is 2.98. The van der Waals surface area contributed by atoms with E-state index in [1.54, 1.807) is 29.4 Å². The Morgan fingerprint density at radius 1 is 1.31 bits per heavy atom. The van der Waals surface area contributed by atoms with E-state index in [1.165, 1.54) is 11.8 Å². The van der Waals surface area contributed by atoms with Crippen LogP contribution in [0.15, 0.2) is 28.3 Å². The SMILES string of the molecule is CCn1c(S[C@H](C)C(N)=O)nc2cc(S(=O)(=O)N3CCCCC3)ccc21. The Kier molecular flexibility index (Phi) is 5.59. The van der Waals surface area contributed by atoms with Crippen molar-refractivity contribution in [1.29, 1.82) is 0 Å². The molecule has 0 bridgehead atoms. The number of fused-ring (bicyclic) bond motifs is 1. The number of primary amides is 1. The highest BCUT2D eigenvalue weighted by Crippen LogP contribution is 2.29. The van der Waals surface area contributed by atoms with Crippen molar-refractivity contribution in [3.63, 3.8) is 0 Å². The van der Waals surface area contributed by atoms with Crippen molar-refractivity contribution in [2.45, 2.75) is 55.0 Å². The molecule has 1 aliphatic rings. The summed E-state index contributed by atoms with van der Waals surface area (Å²) in [5.41, 5.74) is 6.82. The number of hydrogen-bond acceptors (Lipinski definition) is 5. The summed E-state index contributed by atoms with van der Waals surface area (Å²) in [6, 6.07) is 5.07. The number of hydrogen-bond donors (Lipinski definition) is 1. The standard InChI is InChI=1S/C17H24N4O3S2/c1-3-21-15-8-7-13(26(23,24)20-9-5-4-6-10-20)11-14(15)19-17(21)25-12(2)16(18)22/h7-8,11-12H,3-6,9-10H2,1-2H3,(H2,18,22)/t12-/m1/s1. The Morgan fingerprint density at radius 2 is 2.00 bits per heavy atom. The van der Waals surface area contributed by atoms with Gasteiger partial charge in [-0.1, -0.05) is 18.2 Å². The predicted molar refractivity (Wildman–Crippen MR) is 103 cm³/mol. The van der Waals surface area contributed by atoms with E-state index in [4.69, 9.17) is 5.73 Å². The third-order valence-corrected chi connectivity index (χ3v) is 7.64. The van der Waals surface area contributed by atoms with Crippen LogP contribution in [0.2, 0.25) is 0 Å². The van der Waals surface area contributed by atoms with Gasteiger partial charge in [-0.25, -0.2) is 13.4 Å². The topological polar surface area (TPSA) is 98.3 Å². The number of carbonyl (C=O) groups is 1. The van der Waals surface area contributed by atoms with Crippen molar-refractivity contribution in [3.8, 4) is 0 Å². The van der Waals surface area contributed by atoms with Crippen LogP contribution in [0.25, 0.3) is 11.0 Å². The van der Waals surface area contributed by atoms with Gasteiger partial charge < -0.3 is 10.3 Å². The number of rotatable bonds is 6. The van der Waals surface area contributed by atoms with Crippen molar-refractivity contribution in [3.05, 3.63) is 18.2 Å². The molecule has 0 spiro atoms. The number of benzene rings is 1. The van der Waals surface area contributed by atoms with Crippen LogP contribution in [0, 0.1) is 0 Å². The molecule has 2 heterocycles. The van der Waals surface area contributed by atoms with Crippen LogP contribution in [0.5, 0.6) is 0 Å². The van der Waals surface area contributed by atoms with Crippen molar-refractivity contribution in [2.75, 3.05) is 13.1 Å². The molecule has 142 valence electrons. The second-order valence-corrected chi connectivity index (χ2v) is 9.66. The maximum atomic E-state index is 12.9. The van der Waals surface area contributed by atoms with E-state index in [-0.39, 0.29) is 4.90 Å². The number of imidazole rings is 1. The fraction of sp³-hybridized carbons (Fsp3) is 0.529. The zero-order valence-electron chi connectivity index (χ0n) is 15.0. The molecule has 0 aliphatic carbocycles. The Balaban J connectivity index is 1.99. The number of aryl methyl sites for hydroxylation is 1. The fourth-order valence-corrected chi connectivity index (χ4v) is 5.59. The minimum absolute atomic E-state index is 0.271. The summed E-state index contributed by atoms with van der Waals surface area (Å²) in [7, 11) is -3.50. The van der Waals surface area contributed by atoms with E-state index in [9.17, 15) is 13.2 Å². The highest BCUT2D eigenvalue weighted by atomic mass is 32.2. The lowest BCUT2D eigenvalue weighted by Crippen LogP contribution is -2.35. The van der Waals surface area contributed by atoms with Crippen LogP contribution in [-0.2, 0) is 21.4 Å². The van der Waals surface area contributed by atoms with Gasteiger partial charge in [0.25, 0.3) is 0 Å². The minimum atomic E-state index is -3.50. The molecule has 0 unspecified atom stereocenters. The van der Waals surface area contributed by atoms with Gasteiger partial charge in [-0.3, -0.25) is 4.79 Å². The zero-order chi connectivity index (χ0) is 18.9. The molecule has 1 aliphatic heterocycles. The maximum absolute atomic E-state index is 12.9. The molecule has 1 fully saturated rings. The first kappa shape index (κ1) is 19.2. The number of nitrogens with two attached hydrogens (primary N) is 1. The van der Waals surface area contributed by atoms with Gasteiger partial charge in [-0.2, -0.15) is 4.31 Å². The summed E-state index contributed by atoms with van der Waals surface area (Å²) in [5.74, 6) is -0.405. The van der Waals surface area contributed by atoms with Gasteiger partial charge in [0, 0.05) is 19.6 Å². The predicted octanol–water partition coefficient (Wildman–Crippen LogP) is 2.20. The third-order valence-electron chi connectivity index (χ3n) is 4.64. The molecule has 9 heteroatoms. The third kappa shape index (κ3) is 3.60. The fourth-order valence-electron chi connectivity index (χ4n) is 3.11. The maximum Gasteiger partial charge on any atom is 0.243 e. The van der Waals surface area contributed by atoms with Crippen LogP contribution < -0.4 is 5.73 Å².